The molecule has 1 unspecified atom stereocenters. The highest BCUT2D eigenvalue weighted by molar-refractivity contribution is 5.99. The number of nitrogens with one attached hydrogen (secondary N) is 1. The predicted octanol–water partition coefficient (Wildman–Crippen LogP) is 4.53. The predicted molar refractivity (Wildman–Crippen MR) is 142 cm³/mol. The van der Waals surface area contributed by atoms with Crippen LogP contribution >= 0.6 is 0 Å². The van der Waals surface area contributed by atoms with Crippen molar-refractivity contribution in [1.82, 2.24) is 13.7 Å². The molecule has 0 spiro atoms. The molecule has 1 atom stereocenters. The van der Waals surface area contributed by atoms with Crippen molar-refractivity contribution >= 4 is 16.6 Å². The van der Waals surface area contributed by atoms with Gasteiger partial charge in [-0.3, -0.25) is 13.9 Å². The number of aromatic nitrogens is 3. The summed E-state index contributed by atoms with van der Waals surface area (Å²) in [6, 6.07) is 20.7. The highest BCUT2D eigenvalue weighted by atomic mass is 16.3. The van der Waals surface area contributed by atoms with Crippen LogP contribution < -0.4 is 16.6 Å². The number of benzene rings is 3. The van der Waals surface area contributed by atoms with E-state index < -0.39 is 6.04 Å². The standard InChI is InChI=1S/C29H26N4O3/c1-16-13-21-22(14-17(16)2)33-25(18-9-6-5-7-10-18)23-26(31(3)29(36)32(4)28(23)35)27(33)24(30-21)19-11-8-12-20(34)15-19/h5-15,24,30,34H,1-4H3. The minimum absolute atomic E-state index is 0.149. The summed E-state index contributed by atoms with van der Waals surface area (Å²) in [5, 5.41) is 14.4. The number of hydrogen-bond acceptors (Lipinski definition) is 4. The van der Waals surface area contributed by atoms with Gasteiger partial charge in [-0.15, -0.1) is 0 Å². The summed E-state index contributed by atoms with van der Waals surface area (Å²) in [6.45, 7) is 4.14. The molecule has 7 nitrogen and oxygen atoms in total. The quantitative estimate of drug-likeness (QED) is 0.391. The maximum atomic E-state index is 13.7. The first-order valence-corrected chi connectivity index (χ1v) is 11.8. The third-order valence-corrected chi connectivity index (χ3v) is 7.29. The Morgan fingerprint density at radius 3 is 2.31 bits per heavy atom. The maximum Gasteiger partial charge on any atom is 0.331 e. The molecule has 0 bridgehead atoms. The molecule has 0 amide bonds. The van der Waals surface area contributed by atoms with E-state index in [1.165, 1.54) is 11.6 Å². The van der Waals surface area contributed by atoms with Gasteiger partial charge in [0.25, 0.3) is 5.56 Å². The number of aromatic hydroxyl groups is 1. The zero-order valence-corrected chi connectivity index (χ0v) is 20.5. The number of nitrogens with zero attached hydrogens (tertiary/aromatic N) is 3. The lowest BCUT2D eigenvalue weighted by Gasteiger charge is -2.32. The molecular formula is C29H26N4O3. The fourth-order valence-electron chi connectivity index (χ4n) is 5.35. The smallest absolute Gasteiger partial charge is 0.331 e. The van der Waals surface area contributed by atoms with Crippen LogP contribution in [0.4, 0.5) is 5.69 Å². The Labute approximate surface area is 207 Å². The van der Waals surface area contributed by atoms with E-state index in [1.807, 2.05) is 36.4 Å². The monoisotopic (exact) mass is 478 g/mol. The summed E-state index contributed by atoms with van der Waals surface area (Å²) in [7, 11) is 3.22. The fourth-order valence-corrected chi connectivity index (χ4v) is 5.35. The SMILES string of the molecule is Cc1cc2c(cc1C)-n1c(-c3ccccc3)c3c(=O)n(C)c(=O)n(C)c3c1C(c1cccc(O)c1)N2. The number of aryl methyl sites for hydroxylation is 3. The molecule has 2 aromatic heterocycles. The van der Waals surface area contributed by atoms with Crippen molar-refractivity contribution in [3.05, 3.63) is 110 Å². The van der Waals surface area contributed by atoms with E-state index in [0.29, 0.717) is 10.9 Å². The second kappa shape index (κ2) is 7.75. The second-order valence-electron chi connectivity index (χ2n) is 9.49. The van der Waals surface area contributed by atoms with Gasteiger partial charge >= 0.3 is 5.69 Å². The minimum Gasteiger partial charge on any atom is -0.508 e. The molecule has 3 heterocycles. The van der Waals surface area contributed by atoms with Crippen molar-refractivity contribution < 1.29 is 5.11 Å². The topological polar surface area (TPSA) is 81.2 Å². The number of fused-ring (bicyclic) bond motifs is 5. The Kier molecular flexibility index (Phi) is 4.73. The first-order chi connectivity index (χ1) is 17.3. The molecule has 0 aliphatic carbocycles. The van der Waals surface area contributed by atoms with Crippen LogP contribution in [0.1, 0.15) is 28.4 Å². The highest BCUT2D eigenvalue weighted by Crippen LogP contribution is 2.46. The lowest BCUT2D eigenvalue weighted by atomic mass is 9.97. The van der Waals surface area contributed by atoms with Crippen LogP contribution in [0.15, 0.2) is 76.3 Å². The lowest BCUT2D eigenvalue weighted by molar-refractivity contribution is 0.474. The molecule has 1 aliphatic heterocycles. The Morgan fingerprint density at radius 1 is 0.861 bits per heavy atom. The van der Waals surface area contributed by atoms with Crippen LogP contribution in [0.5, 0.6) is 5.75 Å². The van der Waals surface area contributed by atoms with Crippen molar-refractivity contribution in [2.24, 2.45) is 14.1 Å². The van der Waals surface area contributed by atoms with Gasteiger partial charge in [-0.2, -0.15) is 0 Å². The Balaban J connectivity index is 1.88. The molecule has 0 saturated carbocycles. The van der Waals surface area contributed by atoms with E-state index in [-0.39, 0.29) is 17.0 Å². The number of hydrogen-bond donors (Lipinski definition) is 2. The lowest BCUT2D eigenvalue weighted by Crippen LogP contribution is -2.37. The van der Waals surface area contributed by atoms with Gasteiger partial charge < -0.3 is 15.0 Å². The summed E-state index contributed by atoms with van der Waals surface area (Å²) in [6.07, 6.45) is 0. The Hall–Kier alpha value is -4.52. The number of rotatable bonds is 2. The average molecular weight is 479 g/mol. The van der Waals surface area contributed by atoms with Crippen molar-refractivity contribution in [3.8, 4) is 22.7 Å². The summed E-state index contributed by atoms with van der Waals surface area (Å²) >= 11 is 0. The van der Waals surface area contributed by atoms with Crippen LogP contribution in [0, 0.1) is 13.8 Å². The zero-order valence-electron chi connectivity index (χ0n) is 20.5. The normalized spacial score (nSPS) is 14.4. The molecule has 6 rings (SSSR count). The molecule has 3 aromatic carbocycles. The van der Waals surface area contributed by atoms with E-state index in [1.54, 1.807) is 29.8 Å². The maximum absolute atomic E-state index is 13.7. The van der Waals surface area contributed by atoms with Gasteiger partial charge in [-0.25, -0.2) is 4.79 Å². The number of phenolic OH excluding ortho intramolecular Hbond substituents is 1. The van der Waals surface area contributed by atoms with E-state index >= 15 is 0 Å². The summed E-state index contributed by atoms with van der Waals surface area (Å²) in [5.74, 6) is 0.149. The third-order valence-electron chi connectivity index (χ3n) is 7.29. The molecule has 0 fully saturated rings. The summed E-state index contributed by atoms with van der Waals surface area (Å²) in [5.41, 5.74) is 7.17. The van der Waals surface area contributed by atoms with Crippen molar-refractivity contribution in [3.63, 3.8) is 0 Å². The van der Waals surface area contributed by atoms with Crippen LogP contribution in [0.25, 0.3) is 27.8 Å². The minimum atomic E-state index is -0.413. The van der Waals surface area contributed by atoms with Gasteiger partial charge in [0.1, 0.15) is 5.75 Å². The molecule has 1 aliphatic rings. The zero-order chi connectivity index (χ0) is 25.3. The van der Waals surface area contributed by atoms with Crippen molar-refractivity contribution in [2.45, 2.75) is 19.9 Å². The van der Waals surface area contributed by atoms with Crippen LogP contribution in [0.2, 0.25) is 0 Å². The van der Waals surface area contributed by atoms with Gasteiger partial charge in [0, 0.05) is 14.1 Å². The van der Waals surface area contributed by atoms with Gasteiger partial charge in [-0.1, -0.05) is 42.5 Å². The van der Waals surface area contributed by atoms with Gasteiger partial charge in [0.05, 0.1) is 39.7 Å². The molecule has 36 heavy (non-hydrogen) atoms. The Morgan fingerprint density at radius 2 is 1.58 bits per heavy atom. The first-order valence-electron chi connectivity index (χ1n) is 11.8. The molecule has 0 radical (unpaired) electrons. The molecule has 2 N–H and O–H groups in total. The highest BCUT2D eigenvalue weighted by Gasteiger charge is 2.35. The van der Waals surface area contributed by atoms with E-state index in [4.69, 9.17) is 0 Å². The molecule has 7 heteroatoms. The summed E-state index contributed by atoms with van der Waals surface area (Å²) < 4.78 is 4.84. The second-order valence-corrected chi connectivity index (χ2v) is 9.49. The van der Waals surface area contributed by atoms with E-state index in [9.17, 15) is 14.7 Å². The first kappa shape index (κ1) is 22.0. The molecule has 5 aromatic rings. The fraction of sp³-hybridized carbons (Fsp3) is 0.172. The number of phenols is 1. The Bertz CT molecular complexity index is 1810. The van der Waals surface area contributed by atoms with E-state index in [2.05, 4.69) is 35.9 Å². The average Bonchev–Trinajstić information content (AvgIpc) is 3.24. The molecular weight excluding hydrogens is 452 g/mol. The molecule has 180 valence electrons. The van der Waals surface area contributed by atoms with Crippen LogP contribution in [-0.4, -0.2) is 18.8 Å². The third kappa shape index (κ3) is 2.99. The van der Waals surface area contributed by atoms with Gasteiger partial charge in [0.2, 0.25) is 0 Å². The van der Waals surface area contributed by atoms with Gasteiger partial charge in [0.15, 0.2) is 0 Å². The van der Waals surface area contributed by atoms with Crippen molar-refractivity contribution in [2.75, 3.05) is 5.32 Å². The van der Waals surface area contributed by atoms with Crippen LogP contribution in [-0.2, 0) is 14.1 Å². The number of anilines is 1. The van der Waals surface area contributed by atoms with E-state index in [0.717, 1.165) is 45.0 Å². The molecule has 0 saturated heterocycles. The largest absolute Gasteiger partial charge is 0.508 e. The van der Waals surface area contributed by atoms with Crippen LogP contribution in [0.3, 0.4) is 0 Å². The van der Waals surface area contributed by atoms with Crippen molar-refractivity contribution in [1.29, 1.82) is 0 Å². The van der Waals surface area contributed by atoms with Gasteiger partial charge in [-0.05, 0) is 60.4 Å². The summed E-state index contributed by atoms with van der Waals surface area (Å²) in [4.78, 5) is 26.9.